The molecule has 0 bridgehead atoms. The molecule has 3 aromatic rings. The molecule has 0 amide bonds. The van der Waals surface area contributed by atoms with E-state index in [2.05, 4.69) is 0 Å². The summed E-state index contributed by atoms with van der Waals surface area (Å²) in [6, 6.07) is 26.4. The highest BCUT2D eigenvalue weighted by atomic mass is 16.6. The van der Waals surface area contributed by atoms with Gasteiger partial charge in [0, 0.05) is 5.56 Å². The lowest BCUT2D eigenvalue weighted by Gasteiger charge is -2.11. The van der Waals surface area contributed by atoms with E-state index in [0.717, 1.165) is 16.9 Å². The first-order valence-corrected chi connectivity index (χ1v) is 9.03. The van der Waals surface area contributed by atoms with Gasteiger partial charge in [-0.2, -0.15) is 0 Å². The fourth-order valence-electron chi connectivity index (χ4n) is 2.71. The molecule has 0 fully saturated rings. The maximum atomic E-state index is 12.8. The Kier molecular flexibility index (Phi) is 6.85. The molecule has 0 aromatic heterocycles. The molecule has 4 heteroatoms. The van der Waals surface area contributed by atoms with Crippen LogP contribution in [0.25, 0.3) is 11.6 Å². The smallest absolute Gasteiger partial charge is 0.338 e. The zero-order valence-electron chi connectivity index (χ0n) is 15.7. The number of rotatable bonds is 8. The van der Waals surface area contributed by atoms with Crippen LogP contribution in [0.5, 0.6) is 11.5 Å². The third-order valence-corrected chi connectivity index (χ3v) is 4.07. The minimum Gasteiger partial charge on any atom is -0.496 e. The monoisotopic (exact) mass is 374 g/mol. The van der Waals surface area contributed by atoms with Crippen molar-refractivity contribution in [3.8, 4) is 11.5 Å². The number of esters is 1. The summed E-state index contributed by atoms with van der Waals surface area (Å²) in [7, 11) is 1.61. The molecule has 0 saturated carbocycles. The summed E-state index contributed by atoms with van der Waals surface area (Å²) >= 11 is 0. The normalized spacial score (nSPS) is 11.0. The van der Waals surface area contributed by atoms with Crippen molar-refractivity contribution in [2.24, 2.45) is 0 Å². The molecule has 3 aromatic carbocycles. The molecule has 0 aliphatic heterocycles. The zero-order chi connectivity index (χ0) is 19.6. The Morgan fingerprint density at radius 3 is 2.18 bits per heavy atom. The number of benzene rings is 3. The van der Waals surface area contributed by atoms with Gasteiger partial charge in [-0.05, 0) is 29.8 Å². The van der Waals surface area contributed by atoms with Crippen LogP contribution < -0.4 is 9.47 Å². The minimum absolute atomic E-state index is 0.157. The lowest BCUT2D eigenvalue weighted by atomic mass is 10.0. The van der Waals surface area contributed by atoms with Crippen LogP contribution in [0, 0.1) is 0 Å². The summed E-state index contributed by atoms with van der Waals surface area (Å²) in [5.41, 5.74) is 2.05. The molecule has 0 saturated heterocycles. The lowest BCUT2D eigenvalue weighted by molar-refractivity contribution is -0.137. The second kappa shape index (κ2) is 9.97. The van der Waals surface area contributed by atoms with Crippen molar-refractivity contribution in [3.63, 3.8) is 0 Å². The van der Waals surface area contributed by atoms with Gasteiger partial charge in [-0.15, -0.1) is 0 Å². The molecule has 0 unspecified atom stereocenters. The Hall–Kier alpha value is -3.53. The number of hydrogen-bond acceptors (Lipinski definition) is 4. The highest BCUT2D eigenvalue weighted by Gasteiger charge is 2.15. The molecule has 0 heterocycles. The summed E-state index contributed by atoms with van der Waals surface area (Å²) in [5, 5.41) is 0. The number of para-hydroxylation sites is 2. The van der Waals surface area contributed by atoms with Crippen LogP contribution in [0.1, 0.15) is 11.1 Å². The molecule has 28 heavy (non-hydrogen) atoms. The van der Waals surface area contributed by atoms with Crippen molar-refractivity contribution in [1.29, 1.82) is 0 Å². The first-order valence-electron chi connectivity index (χ1n) is 9.03. The topological polar surface area (TPSA) is 44.8 Å². The average Bonchev–Trinajstić information content (AvgIpc) is 2.76. The van der Waals surface area contributed by atoms with Crippen molar-refractivity contribution in [2.45, 2.75) is 0 Å². The van der Waals surface area contributed by atoms with Crippen molar-refractivity contribution in [2.75, 3.05) is 20.3 Å². The fourth-order valence-corrected chi connectivity index (χ4v) is 2.71. The number of hydrogen-bond donors (Lipinski definition) is 0. The minimum atomic E-state index is -0.409. The third-order valence-electron chi connectivity index (χ3n) is 4.07. The van der Waals surface area contributed by atoms with Gasteiger partial charge in [0.15, 0.2) is 0 Å². The van der Waals surface area contributed by atoms with Gasteiger partial charge in [0.05, 0.1) is 12.7 Å². The molecule has 0 aliphatic carbocycles. The highest BCUT2D eigenvalue weighted by Crippen LogP contribution is 2.25. The summed E-state index contributed by atoms with van der Waals surface area (Å²) < 4.78 is 16.4. The molecule has 142 valence electrons. The van der Waals surface area contributed by atoms with Gasteiger partial charge in [-0.25, -0.2) is 4.79 Å². The van der Waals surface area contributed by atoms with Gasteiger partial charge in [-0.3, -0.25) is 0 Å². The molecule has 0 aliphatic rings. The molecule has 0 atom stereocenters. The Bertz CT molecular complexity index is 918. The average molecular weight is 374 g/mol. The Morgan fingerprint density at radius 2 is 1.46 bits per heavy atom. The fraction of sp³-hybridized carbons (Fsp3) is 0.125. The van der Waals surface area contributed by atoms with Gasteiger partial charge in [0.1, 0.15) is 24.7 Å². The Balaban J connectivity index is 1.73. The first kappa shape index (κ1) is 19.2. The maximum absolute atomic E-state index is 12.8. The predicted octanol–water partition coefficient (Wildman–Crippen LogP) is 4.86. The van der Waals surface area contributed by atoms with Gasteiger partial charge < -0.3 is 14.2 Å². The zero-order valence-corrected chi connectivity index (χ0v) is 15.7. The SMILES string of the molecule is COc1ccccc1/C=C(/C(=O)OCCOc1ccccc1)c1ccccc1. The quantitative estimate of drug-likeness (QED) is 0.244. The summed E-state index contributed by atoms with van der Waals surface area (Å²) in [6.07, 6.45) is 1.79. The number of carbonyl (C=O) groups excluding carboxylic acids is 1. The predicted molar refractivity (Wildman–Crippen MR) is 110 cm³/mol. The molecular formula is C24H22O4. The standard InChI is InChI=1S/C24H22O4/c1-26-23-15-9-8-12-20(23)18-22(19-10-4-2-5-11-19)24(25)28-17-16-27-21-13-6-3-7-14-21/h2-15,18H,16-17H2,1H3/b22-18+. The van der Waals surface area contributed by atoms with E-state index >= 15 is 0 Å². The number of carbonyl (C=O) groups is 1. The molecular weight excluding hydrogens is 352 g/mol. The number of ether oxygens (including phenoxy) is 3. The summed E-state index contributed by atoms with van der Waals surface area (Å²) in [5.74, 6) is 1.02. The van der Waals surface area contributed by atoms with Crippen LogP contribution >= 0.6 is 0 Å². The van der Waals surface area contributed by atoms with Gasteiger partial charge in [0.25, 0.3) is 0 Å². The largest absolute Gasteiger partial charge is 0.496 e. The molecule has 0 N–H and O–H groups in total. The van der Waals surface area contributed by atoms with Gasteiger partial charge in [0.2, 0.25) is 0 Å². The second-order valence-electron chi connectivity index (χ2n) is 5.96. The van der Waals surface area contributed by atoms with Gasteiger partial charge in [-0.1, -0.05) is 66.7 Å². The van der Waals surface area contributed by atoms with E-state index < -0.39 is 5.97 Å². The molecule has 0 spiro atoms. The molecule has 0 radical (unpaired) electrons. The van der Waals surface area contributed by atoms with E-state index in [0.29, 0.717) is 11.3 Å². The van der Waals surface area contributed by atoms with Crippen molar-refractivity contribution >= 4 is 17.6 Å². The Morgan fingerprint density at radius 1 is 0.821 bits per heavy atom. The van der Waals surface area contributed by atoms with Crippen LogP contribution in [0.2, 0.25) is 0 Å². The van der Waals surface area contributed by atoms with E-state index in [1.807, 2.05) is 84.9 Å². The van der Waals surface area contributed by atoms with Gasteiger partial charge >= 0.3 is 5.97 Å². The lowest BCUT2D eigenvalue weighted by Crippen LogP contribution is -2.13. The van der Waals surface area contributed by atoms with Crippen LogP contribution in [-0.4, -0.2) is 26.3 Å². The maximum Gasteiger partial charge on any atom is 0.338 e. The molecule has 3 rings (SSSR count). The van der Waals surface area contributed by atoms with Crippen molar-refractivity contribution < 1.29 is 19.0 Å². The highest BCUT2D eigenvalue weighted by molar-refractivity contribution is 6.21. The van der Waals surface area contributed by atoms with E-state index in [4.69, 9.17) is 14.2 Å². The third kappa shape index (κ3) is 5.24. The van der Waals surface area contributed by atoms with Crippen molar-refractivity contribution in [1.82, 2.24) is 0 Å². The summed E-state index contributed by atoms with van der Waals surface area (Å²) in [4.78, 5) is 12.8. The second-order valence-corrected chi connectivity index (χ2v) is 5.96. The van der Waals surface area contributed by atoms with Crippen LogP contribution in [-0.2, 0) is 9.53 Å². The van der Waals surface area contributed by atoms with E-state index in [1.54, 1.807) is 13.2 Å². The first-order chi connectivity index (χ1) is 13.8. The van der Waals surface area contributed by atoms with E-state index in [-0.39, 0.29) is 13.2 Å². The molecule has 4 nitrogen and oxygen atoms in total. The van der Waals surface area contributed by atoms with E-state index in [9.17, 15) is 4.79 Å². The van der Waals surface area contributed by atoms with Crippen molar-refractivity contribution in [3.05, 3.63) is 96.1 Å². The van der Waals surface area contributed by atoms with E-state index in [1.165, 1.54) is 0 Å². The summed E-state index contributed by atoms with van der Waals surface area (Å²) in [6.45, 7) is 0.441. The Labute approximate surface area is 165 Å². The van der Waals surface area contributed by atoms with Crippen LogP contribution in [0.4, 0.5) is 0 Å². The number of methoxy groups -OCH3 is 1. The van der Waals surface area contributed by atoms with Crippen LogP contribution in [0.3, 0.4) is 0 Å². The van der Waals surface area contributed by atoms with Crippen LogP contribution in [0.15, 0.2) is 84.9 Å².